The zero-order chi connectivity index (χ0) is 30.8. The highest BCUT2D eigenvalue weighted by molar-refractivity contribution is 6.12. The van der Waals surface area contributed by atoms with Crippen molar-refractivity contribution in [2.45, 2.75) is 66.7 Å². The van der Waals surface area contributed by atoms with Crippen LogP contribution in [0.2, 0.25) is 0 Å². The molecule has 1 aliphatic heterocycles. The van der Waals surface area contributed by atoms with Gasteiger partial charge in [-0.3, -0.25) is 9.56 Å². The summed E-state index contributed by atoms with van der Waals surface area (Å²) in [5, 5.41) is 6.11. The Bertz CT molecular complexity index is 1700. The number of rotatable bonds is 7. The molecule has 2 heterocycles. The Hall–Kier alpha value is -4.41. The molecule has 0 saturated carbocycles. The first kappa shape index (κ1) is 30.5. The average Bonchev–Trinajstić information content (AvgIpc) is 2.90. The maximum absolute atomic E-state index is 14.0. The van der Waals surface area contributed by atoms with Crippen LogP contribution >= 0.6 is 0 Å². The first-order valence-corrected chi connectivity index (χ1v) is 13.8. The molecule has 1 aliphatic carbocycles. The van der Waals surface area contributed by atoms with Crippen molar-refractivity contribution in [3.63, 3.8) is 0 Å². The van der Waals surface area contributed by atoms with Gasteiger partial charge in [0.2, 0.25) is 5.95 Å². The first-order chi connectivity index (χ1) is 19.8. The number of halogens is 3. The molecule has 0 spiro atoms. The molecule has 42 heavy (non-hydrogen) atoms. The Morgan fingerprint density at radius 2 is 1.90 bits per heavy atom. The minimum atomic E-state index is -4.64. The summed E-state index contributed by atoms with van der Waals surface area (Å²) < 4.78 is 44.0. The van der Waals surface area contributed by atoms with Gasteiger partial charge in [-0.2, -0.15) is 18.2 Å². The van der Waals surface area contributed by atoms with Gasteiger partial charge in [-0.1, -0.05) is 36.3 Å². The van der Waals surface area contributed by atoms with Crippen LogP contribution in [0.3, 0.4) is 0 Å². The van der Waals surface area contributed by atoms with Gasteiger partial charge < -0.3 is 10.6 Å². The summed E-state index contributed by atoms with van der Waals surface area (Å²) in [6.45, 7) is 11.4. The van der Waals surface area contributed by atoms with Crippen LogP contribution in [0.15, 0.2) is 85.7 Å². The van der Waals surface area contributed by atoms with Crippen molar-refractivity contribution in [2.24, 2.45) is 4.99 Å². The molecule has 0 radical (unpaired) electrons. The number of nitrogens with one attached hydrogen (secondary N) is 2. The van der Waals surface area contributed by atoms with Gasteiger partial charge >= 0.3 is 17.6 Å². The van der Waals surface area contributed by atoms with Crippen LogP contribution in [0.4, 0.5) is 19.1 Å². The monoisotopic (exact) mass is 580 g/mol. The Balaban J connectivity index is 1.92. The molecule has 2 N–H and O–H groups in total. The molecule has 0 bridgehead atoms. The number of nitrogens with zero attached hydrogens (tertiary/aromatic N) is 4. The molecule has 1 aromatic carbocycles. The average molecular weight is 581 g/mol. The minimum absolute atomic E-state index is 0.0603. The molecule has 0 saturated heterocycles. The van der Waals surface area contributed by atoms with Crippen LogP contribution in [-0.2, 0) is 12.7 Å². The number of anilines is 1. The lowest BCUT2D eigenvalue weighted by atomic mass is 9.95. The second-order valence-corrected chi connectivity index (χ2v) is 10.6. The fourth-order valence-electron chi connectivity index (χ4n) is 4.84. The number of aliphatic imine (C=N–C) groups is 1. The molecule has 0 fully saturated rings. The number of dihydropyridines is 1. The predicted molar refractivity (Wildman–Crippen MR) is 160 cm³/mol. The van der Waals surface area contributed by atoms with Gasteiger partial charge in [0.1, 0.15) is 0 Å². The van der Waals surface area contributed by atoms with Crippen LogP contribution < -0.4 is 22.0 Å². The first-order valence-electron chi connectivity index (χ1n) is 13.8. The van der Waals surface area contributed by atoms with Gasteiger partial charge in [0, 0.05) is 24.5 Å². The summed E-state index contributed by atoms with van der Waals surface area (Å²) in [6, 6.07) is 3.83. The second kappa shape index (κ2) is 12.2. The summed E-state index contributed by atoms with van der Waals surface area (Å²) in [7, 11) is 0. The fraction of sp³-hybridized carbons (Fsp3) is 0.355. The van der Waals surface area contributed by atoms with E-state index in [0.29, 0.717) is 24.2 Å². The lowest BCUT2D eigenvalue weighted by Gasteiger charge is -2.23. The molecule has 2 aromatic rings. The maximum Gasteiger partial charge on any atom is 0.416 e. The van der Waals surface area contributed by atoms with Crippen LogP contribution in [-0.4, -0.2) is 32.4 Å². The topological polar surface area (TPSA) is 93.3 Å². The Morgan fingerprint density at radius 3 is 2.52 bits per heavy atom. The van der Waals surface area contributed by atoms with E-state index in [1.54, 1.807) is 13.0 Å². The minimum Gasteiger partial charge on any atom is -0.385 e. The van der Waals surface area contributed by atoms with Gasteiger partial charge in [-0.05, 0) is 82.0 Å². The molecule has 0 amide bonds. The van der Waals surface area contributed by atoms with Crippen LogP contribution in [0, 0.1) is 6.92 Å². The van der Waals surface area contributed by atoms with Crippen LogP contribution in [0.1, 0.15) is 57.7 Å². The van der Waals surface area contributed by atoms with Crippen molar-refractivity contribution in [1.82, 2.24) is 19.4 Å². The zero-order valence-electron chi connectivity index (χ0n) is 24.6. The van der Waals surface area contributed by atoms with Crippen molar-refractivity contribution in [3.05, 3.63) is 109 Å². The highest BCUT2D eigenvalue weighted by Crippen LogP contribution is 2.33. The van der Waals surface area contributed by atoms with Gasteiger partial charge in [0.05, 0.1) is 23.5 Å². The number of alkyl halides is 3. The molecular weight excluding hydrogens is 545 g/mol. The predicted octanol–water partition coefficient (Wildman–Crippen LogP) is 5.57. The van der Waals surface area contributed by atoms with Crippen LogP contribution in [0.25, 0.3) is 5.70 Å². The third-order valence-corrected chi connectivity index (χ3v) is 6.84. The summed E-state index contributed by atoms with van der Waals surface area (Å²) >= 11 is 0. The van der Waals surface area contributed by atoms with Crippen molar-refractivity contribution >= 4 is 17.4 Å². The SMILES string of the molecule is C/C=C1/C=C(Nc2nc(=O)n(C3=CNCC(C)=C3)c(=O)n2Cc2cc(C)ccc2C(F)(F)F)C(CC)=CC1=NC(C)C. The number of aromatic nitrogens is 3. The summed E-state index contributed by atoms with van der Waals surface area (Å²) in [4.78, 5) is 36.1. The second-order valence-electron chi connectivity index (χ2n) is 10.6. The lowest BCUT2D eigenvalue weighted by Crippen LogP contribution is -2.43. The number of hydrogen-bond acceptors (Lipinski definition) is 6. The van der Waals surface area contributed by atoms with E-state index < -0.39 is 29.7 Å². The number of benzene rings is 1. The van der Waals surface area contributed by atoms with E-state index in [1.807, 2.05) is 52.8 Å². The molecule has 2 aliphatic rings. The third kappa shape index (κ3) is 6.56. The van der Waals surface area contributed by atoms with Crippen molar-refractivity contribution in [1.29, 1.82) is 0 Å². The molecule has 11 heteroatoms. The standard InChI is InChI=1S/C31H35F3N6O2/c1-7-21-14-27(22(8-2)13-26(21)36-18(3)4)37-28-38-29(41)40(24-12-20(6)15-35-16-24)30(42)39(28)17-23-11-19(5)9-10-25(23)31(32,33)34/h7,9-14,16,18,35H,8,15,17H2,1-6H3,(H,37,38,41)/b21-7-,36-26?. The van der Waals surface area contributed by atoms with E-state index in [9.17, 15) is 22.8 Å². The molecule has 1 aromatic heterocycles. The van der Waals surface area contributed by atoms with E-state index in [1.165, 1.54) is 18.3 Å². The Morgan fingerprint density at radius 1 is 1.17 bits per heavy atom. The Kier molecular flexibility index (Phi) is 8.89. The van der Waals surface area contributed by atoms with Gasteiger partial charge in [0.15, 0.2) is 0 Å². The van der Waals surface area contributed by atoms with Crippen molar-refractivity contribution in [2.75, 3.05) is 11.9 Å². The summed E-state index contributed by atoms with van der Waals surface area (Å²) in [5.41, 5.74) is 2.08. The highest BCUT2D eigenvalue weighted by atomic mass is 19.4. The van der Waals surface area contributed by atoms with E-state index in [4.69, 9.17) is 4.99 Å². The van der Waals surface area contributed by atoms with Gasteiger partial charge in [0.25, 0.3) is 0 Å². The maximum atomic E-state index is 14.0. The van der Waals surface area contributed by atoms with Gasteiger partial charge in [-0.15, -0.1) is 0 Å². The molecule has 8 nitrogen and oxygen atoms in total. The van der Waals surface area contributed by atoms with Crippen molar-refractivity contribution < 1.29 is 13.2 Å². The van der Waals surface area contributed by atoms with Gasteiger partial charge in [-0.25, -0.2) is 14.2 Å². The Labute approximate surface area is 242 Å². The molecule has 4 rings (SSSR count). The third-order valence-electron chi connectivity index (χ3n) is 6.84. The van der Waals surface area contributed by atoms with Crippen molar-refractivity contribution in [3.8, 4) is 0 Å². The number of aryl methyl sites for hydroxylation is 1. The molecule has 0 atom stereocenters. The quantitative estimate of drug-likeness (QED) is 0.447. The zero-order valence-corrected chi connectivity index (χ0v) is 24.6. The number of allylic oxidation sites excluding steroid dienone is 7. The summed E-state index contributed by atoms with van der Waals surface area (Å²) in [5.74, 6) is -0.161. The molecule has 222 valence electrons. The highest BCUT2D eigenvalue weighted by Gasteiger charge is 2.34. The normalized spacial score (nSPS) is 17.6. The van der Waals surface area contributed by atoms with E-state index in [-0.39, 0.29) is 23.3 Å². The van der Waals surface area contributed by atoms with E-state index >= 15 is 0 Å². The molecule has 0 unspecified atom stereocenters. The fourth-order valence-corrected chi connectivity index (χ4v) is 4.84. The lowest BCUT2D eigenvalue weighted by molar-refractivity contribution is -0.138. The molecular formula is C31H35F3N6O2. The largest absolute Gasteiger partial charge is 0.416 e. The number of hydrogen-bond donors (Lipinski definition) is 2. The van der Waals surface area contributed by atoms with E-state index in [2.05, 4.69) is 15.6 Å². The summed E-state index contributed by atoms with van der Waals surface area (Å²) in [6.07, 6.45) is 4.79. The smallest absolute Gasteiger partial charge is 0.385 e. The van der Waals surface area contributed by atoms with Crippen LogP contribution in [0.5, 0.6) is 0 Å². The van der Waals surface area contributed by atoms with E-state index in [0.717, 1.165) is 37.6 Å².